The normalized spacial score (nSPS) is 10.5. The SMILES string of the molecule is CC(=O)NCCc1cccc(-c2ccc(=O)n(Cc3ccccc3)n2)c1. The summed E-state index contributed by atoms with van der Waals surface area (Å²) in [6.07, 6.45) is 0.747. The summed E-state index contributed by atoms with van der Waals surface area (Å²) in [5.74, 6) is -0.0317. The van der Waals surface area contributed by atoms with Crippen molar-refractivity contribution in [2.24, 2.45) is 0 Å². The van der Waals surface area contributed by atoms with Gasteiger partial charge in [-0.15, -0.1) is 0 Å². The number of rotatable bonds is 6. The summed E-state index contributed by atoms with van der Waals surface area (Å²) >= 11 is 0. The lowest BCUT2D eigenvalue weighted by atomic mass is 10.1. The summed E-state index contributed by atoms with van der Waals surface area (Å²) in [6, 6.07) is 21.1. The monoisotopic (exact) mass is 347 g/mol. The Kier molecular flexibility index (Phi) is 5.59. The van der Waals surface area contributed by atoms with Gasteiger partial charge >= 0.3 is 0 Å². The summed E-state index contributed by atoms with van der Waals surface area (Å²) < 4.78 is 1.48. The van der Waals surface area contributed by atoms with Crippen LogP contribution in [0.1, 0.15) is 18.1 Å². The summed E-state index contributed by atoms with van der Waals surface area (Å²) in [5, 5.41) is 7.32. The Balaban J connectivity index is 1.82. The number of nitrogens with zero attached hydrogens (tertiary/aromatic N) is 2. The van der Waals surface area contributed by atoms with E-state index in [9.17, 15) is 9.59 Å². The van der Waals surface area contributed by atoms with Crippen LogP contribution in [-0.2, 0) is 17.8 Å². The van der Waals surface area contributed by atoms with Gasteiger partial charge in [0.15, 0.2) is 0 Å². The van der Waals surface area contributed by atoms with E-state index in [0.29, 0.717) is 13.1 Å². The molecule has 0 bridgehead atoms. The van der Waals surface area contributed by atoms with Crippen LogP contribution in [0.2, 0.25) is 0 Å². The molecule has 132 valence electrons. The molecule has 0 fully saturated rings. The number of carbonyl (C=O) groups is 1. The highest BCUT2D eigenvalue weighted by Crippen LogP contribution is 2.17. The smallest absolute Gasteiger partial charge is 0.267 e. The second kappa shape index (κ2) is 8.25. The minimum absolute atomic E-state index is 0.0317. The first-order chi connectivity index (χ1) is 12.6. The highest BCUT2D eigenvalue weighted by molar-refractivity contribution is 5.72. The van der Waals surface area contributed by atoms with Gasteiger partial charge in [-0.2, -0.15) is 5.10 Å². The lowest BCUT2D eigenvalue weighted by Crippen LogP contribution is -2.23. The first kappa shape index (κ1) is 17.6. The zero-order chi connectivity index (χ0) is 18.4. The van der Waals surface area contributed by atoms with E-state index in [1.807, 2.05) is 54.6 Å². The molecule has 0 spiro atoms. The van der Waals surface area contributed by atoms with Gasteiger partial charge < -0.3 is 5.32 Å². The summed E-state index contributed by atoms with van der Waals surface area (Å²) in [4.78, 5) is 23.1. The molecule has 2 aromatic carbocycles. The fourth-order valence-electron chi connectivity index (χ4n) is 2.74. The van der Waals surface area contributed by atoms with E-state index >= 15 is 0 Å². The average Bonchev–Trinajstić information content (AvgIpc) is 2.64. The molecule has 0 aliphatic heterocycles. The van der Waals surface area contributed by atoms with E-state index in [-0.39, 0.29) is 11.5 Å². The maximum absolute atomic E-state index is 12.1. The molecule has 0 radical (unpaired) electrons. The third kappa shape index (κ3) is 4.66. The standard InChI is InChI=1S/C21H21N3O2/c1-16(25)22-13-12-17-8-5-9-19(14-17)20-10-11-21(26)24(23-20)15-18-6-3-2-4-7-18/h2-11,14H,12-13,15H2,1H3,(H,22,25). The first-order valence-electron chi connectivity index (χ1n) is 8.58. The summed E-state index contributed by atoms with van der Waals surface area (Å²) in [6.45, 7) is 2.55. The van der Waals surface area contributed by atoms with E-state index in [0.717, 1.165) is 28.8 Å². The Labute approximate surface area is 152 Å². The second-order valence-electron chi connectivity index (χ2n) is 6.13. The Morgan fingerprint density at radius 2 is 1.77 bits per heavy atom. The van der Waals surface area contributed by atoms with Crippen molar-refractivity contribution in [2.75, 3.05) is 6.54 Å². The molecular formula is C21H21N3O2. The van der Waals surface area contributed by atoms with Crippen LogP contribution < -0.4 is 10.9 Å². The third-order valence-electron chi connectivity index (χ3n) is 4.05. The van der Waals surface area contributed by atoms with Crippen LogP contribution >= 0.6 is 0 Å². The number of nitrogens with one attached hydrogen (secondary N) is 1. The molecule has 26 heavy (non-hydrogen) atoms. The molecule has 0 aliphatic carbocycles. The average molecular weight is 347 g/mol. The molecular weight excluding hydrogens is 326 g/mol. The van der Waals surface area contributed by atoms with Gasteiger partial charge in [-0.25, -0.2) is 4.68 Å². The van der Waals surface area contributed by atoms with Crippen LogP contribution in [0.25, 0.3) is 11.3 Å². The number of carbonyl (C=O) groups excluding carboxylic acids is 1. The summed E-state index contributed by atoms with van der Waals surface area (Å²) in [5.41, 5.74) is 3.72. The van der Waals surface area contributed by atoms with E-state index in [2.05, 4.69) is 10.4 Å². The van der Waals surface area contributed by atoms with Gasteiger partial charge in [0.05, 0.1) is 12.2 Å². The zero-order valence-electron chi connectivity index (χ0n) is 14.7. The molecule has 5 heteroatoms. The Morgan fingerprint density at radius 3 is 2.54 bits per heavy atom. The van der Waals surface area contributed by atoms with E-state index in [1.165, 1.54) is 11.6 Å². The fraction of sp³-hybridized carbons (Fsp3) is 0.190. The number of amides is 1. The Bertz CT molecular complexity index is 949. The van der Waals surface area contributed by atoms with Crippen molar-refractivity contribution in [3.05, 3.63) is 88.2 Å². The third-order valence-corrected chi connectivity index (χ3v) is 4.05. The molecule has 0 unspecified atom stereocenters. The maximum Gasteiger partial charge on any atom is 0.267 e. The molecule has 1 heterocycles. The second-order valence-corrected chi connectivity index (χ2v) is 6.13. The van der Waals surface area contributed by atoms with Crippen molar-refractivity contribution in [2.45, 2.75) is 19.9 Å². The Hall–Kier alpha value is -3.21. The fourth-order valence-corrected chi connectivity index (χ4v) is 2.74. The highest BCUT2D eigenvalue weighted by atomic mass is 16.1. The molecule has 1 N–H and O–H groups in total. The predicted molar refractivity (Wildman–Crippen MR) is 102 cm³/mol. The van der Waals surface area contributed by atoms with Crippen molar-refractivity contribution in [1.82, 2.24) is 15.1 Å². The lowest BCUT2D eigenvalue weighted by molar-refractivity contribution is -0.118. The van der Waals surface area contributed by atoms with Crippen molar-refractivity contribution in [1.29, 1.82) is 0 Å². The van der Waals surface area contributed by atoms with E-state index in [4.69, 9.17) is 0 Å². The summed E-state index contributed by atoms with van der Waals surface area (Å²) in [7, 11) is 0. The molecule has 0 saturated heterocycles. The van der Waals surface area contributed by atoms with Gasteiger partial charge in [0.25, 0.3) is 5.56 Å². The van der Waals surface area contributed by atoms with Crippen LogP contribution in [0, 0.1) is 0 Å². The van der Waals surface area contributed by atoms with Gasteiger partial charge in [-0.3, -0.25) is 9.59 Å². The minimum atomic E-state index is -0.126. The van der Waals surface area contributed by atoms with Crippen molar-refractivity contribution >= 4 is 5.91 Å². The van der Waals surface area contributed by atoms with Crippen molar-refractivity contribution in [3.63, 3.8) is 0 Å². The lowest BCUT2D eigenvalue weighted by Gasteiger charge is -2.09. The van der Waals surface area contributed by atoms with Gasteiger partial charge in [0.2, 0.25) is 5.91 Å². The van der Waals surface area contributed by atoms with E-state index in [1.54, 1.807) is 12.1 Å². The Morgan fingerprint density at radius 1 is 1.00 bits per heavy atom. The van der Waals surface area contributed by atoms with Gasteiger partial charge in [0.1, 0.15) is 0 Å². The first-order valence-corrected chi connectivity index (χ1v) is 8.58. The predicted octanol–water partition coefficient (Wildman–Crippen LogP) is 2.64. The van der Waals surface area contributed by atoms with Crippen LogP contribution in [0.4, 0.5) is 0 Å². The van der Waals surface area contributed by atoms with Crippen LogP contribution in [0.15, 0.2) is 71.5 Å². The topological polar surface area (TPSA) is 64.0 Å². The minimum Gasteiger partial charge on any atom is -0.356 e. The molecule has 1 amide bonds. The largest absolute Gasteiger partial charge is 0.356 e. The maximum atomic E-state index is 12.1. The quantitative estimate of drug-likeness (QED) is 0.745. The number of hydrogen-bond donors (Lipinski definition) is 1. The number of hydrogen-bond acceptors (Lipinski definition) is 3. The molecule has 0 atom stereocenters. The molecule has 0 saturated carbocycles. The number of aromatic nitrogens is 2. The van der Waals surface area contributed by atoms with Crippen LogP contribution in [0.5, 0.6) is 0 Å². The van der Waals surface area contributed by atoms with Crippen LogP contribution in [-0.4, -0.2) is 22.2 Å². The van der Waals surface area contributed by atoms with Crippen molar-refractivity contribution in [3.8, 4) is 11.3 Å². The van der Waals surface area contributed by atoms with Gasteiger partial charge in [-0.05, 0) is 29.7 Å². The molecule has 5 nitrogen and oxygen atoms in total. The zero-order valence-corrected chi connectivity index (χ0v) is 14.7. The van der Waals surface area contributed by atoms with Crippen LogP contribution in [0.3, 0.4) is 0 Å². The van der Waals surface area contributed by atoms with Gasteiger partial charge in [-0.1, -0.05) is 48.5 Å². The number of benzene rings is 2. The molecule has 0 aliphatic rings. The van der Waals surface area contributed by atoms with Gasteiger partial charge in [0, 0.05) is 25.1 Å². The highest BCUT2D eigenvalue weighted by Gasteiger charge is 2.05. The van der Waals surface area contributed by atoms with E-state index < -0.39 is 0 Å². The molecule has 1 aromatic heterocycles. The van der Waals surface area contributed by atoms with Crippen molar-refractivity contribution < 1.29 is 4.79 Å². The molecule has 3 rings (SSSR count). The molecule has 3 aromatic rings.